The van der Waals surface area contributed by atoms with E-state index in [1.165, 1.54) is 9.80 Å². The number of carbonyl (C=O) groups is 3. The summed E-state index contributed by atoms with van der Waals surface area (Å²) in [7, 11) is 1.56. The van der Waals surface area contributed by atoms with Crippen LogP contribution in [0.15, 0.2) is 66.7 Å². The van der Waals surface area contributed by atoms with E-state index in [0.717, 1.165) is 10.8 Å². The van der Waals surface area contributed by atoms with Gasteiger partial charge in [0.1, 0.15) is 12.3 Å². The molecule has 0 aromatic heterocycles. The molecular formula is C23H21N3O4. The number of carbonyl (C=O) groups excluding carboxylic acids is 3. The zero-order valence-corrected chi connectivity index (χ0v) is 16.5. The van der Waals surface area contributed by atoms with Crippen molar-refractivity contribution in [1.29, 1.82) is 0 Å². The van der Waals surface area contributed by atoms with Crippen molar-refractivity contribution in [3.05, 3.63) is 66.7 Å². The fraction of sp³-hybridized carbons (Fsp3) is 0.174. The minimum Gasteiger partial charge on any atom is -0.497 e. The molecule has 1 fully saturated rings. The van der Waals surface area contributed by atoms with E-state index in [9.17, 15) is 14.4 Å². The zero-order chi connectivity index (χ0) is 21.1. The number of ether oxygens (including phenoxy) is 1. The molecule has 3 aromatic rings. The monoisotopic (exact) mass is 403 g/mol. The molecule has 7 nitrogen and oxygen atoms in total. The van der Waals surface area contributed by atoms with E-state index >= 15 is 0 Å². The molecule has 1 N–H and O–H groups in total. The van der Waals surface area contributed by atoms with Crippen molar-refractivity contribution < 1.29 is 19.1 Å². The molecule has 1 aliphatic rings. The highest BCUT2D eigenvalue weighted by molar-refractivity contribution is 6.41. The molecule has 4 rings (SSSR count). The lowest BCUT2D eigenvalue weighted by Gasteiger charge is -2.33. The van der Waals surface area contributed by atoms with E-state index < -0.39 is 11.8 Å². The summed E-state index contributed by atoms with van der Waals surface area (Å²) in [6, 6.07) is 20.3. The normalized spacial score (nSPS) is 14.2. The molecule has 0 unspecified atom stereocenters. The fourth-order valence-electron chi connectivity index (χ4n) is 3.55. The number of piperazine rings is 1. The summed E-state index contributed by atoms with van der Waals surface area (Å²) in [5.41, 5.74) is 1.29. The highest BCUT2D eigenvalue weighted by atomic mass is 16.5. The molecule has 152 valence electrons. The van der Waals surface area contributed by atoms with Gasteiger partial charge in [-0.05, 0) is 35.7 Å². The van der Waals surface area contributed by atoms with Crippen LogP contribution in [0.2, 0.25) is 0 Å². The number of rotatable bonds is 5. The lowest BCUT2D eigenvalue weighted by molar-refractivity contribution is -0.147. The second-order valence-corrected chi connectivity index (χ2v) is 6.96. The maximum atomic E-state index is 12.8. The summed E-state index contributed by atoms with van der Waals surface area (Å²) < 4.78 is 5.09. The molecule has 1 aliphatic heterocycles. The first-order valence-electron chi connectivity index (χ1n) is 9.59. The van der Waals surface area contributed by atoms with E-state index in [0.29, 0.717) is 23.7 Å². The Labute approximate surface area is 173 Å². The molecule has 0 atom stereocenters. The van der Waals surface area contributed by atoms with Gasteiger partial charge in [0, 0.05) is 24.2 Å². The van der Waals surface area contributed by atoms with E-state index in [-0.39, 0.29) is 19.0 Å². The largest absolute Gasteiger partial charge is 0.497 e. The molecule has 30 heavy (non-hydrogen) atoms. The standard InChI is InChI=1S/C23H21N3O4/c1-30-18-11-9-17(10-12-18)24-21(27)15-25-13-14-26(23(29)22(25)28)20-8-4-6-16-5-2-3-7-19(16)20/h2-12H,13-15H2,1H3,(H,24,27). The lowest BCUT2D eigenvalue weighted by atomic mass is 10.1. The van der Waals surface area contributed by atoms with Gasteiger partial charge in [-0.25, -0.2) is 0 Å². The van der Waals surface area contributed by atoms with Gasteiger partial charge in [0.05, 0.1) is 12.8 Å². The number of hydrogen-bond donors (Lipinski definition) is 1. The Hall–Kier alpha value is -3.87. The molecular weight excluding hydrogens is 382 g/mol. The Morgan fingerprint density at radius 3 is 2.43 bits per heavy atom. The minimum atomic E-state index is -0.681. The predicted octanol–water partition coefficient (Wildman–Crippen LogP) is 2.66. The van der Waals surface area contributed by atoms with Crippen LogP contribution in [0.4, 0.5) is 11.4 Å². The molecule has 0 aliphatic carbocycles. The number of nitrogens with one attached hydrogen (secondary N) is 1. The van der Waals surface area contributed by atoms with Crippen LogP contribution in [0.25, 0.3) is 10.8 Å². The summed E-state index contributed by atoms with van der Waals surface area (Å²) in [4.78, 5) is 40.6. The van der Waals surface area contributed by atoms with Crippen LogP contribution in [0.3, 0.4) is 0 Å². The van der Waals surface area contributed by atoms with Crippen LogP contribution < -0.4 is 15.0 Å². The number of benzene rings is 3. The Bertz CT molecular complexity index is 1110. The van der Waals surface area contributed by atoms with E-state index in [2.05, 4.69) is 5.32 Å². The van der Waals surface area contributed by atoms with Crippen LogP contribution in [0, 0.1) is 0 Å². The van der Waals surface area contributed by atoms with Gasteiger partial charge in [-0.1, -0.05) is 36.4 Å². The van der Waals surface area contributed by atoms with Crippen molar-refractivity contribution in [3.63, 3.8) is 0 Å². The first kappa shape index (κ1) is 19.4. The van der Waals surface area contributed by atoms with Crippen molar-refractivity contribution >= 4 is 39.9 Å². The quantitative estimate of drug-likeness (QED) is 0.665. The number of amides is 3. The van der Waals surface area contributed by atoms with Gasteiger partial charge in [0.25, 0.3) is 0 Å². The van der Waals surface area contributed by atoms with Gasteiger partial charge in [-0.3, -0.25) is 14.4 Å². The summed E-state index contributed by atoms with van der Waals surface area (Å²) in [5.74, 6) is -0.993. The summed E-state index contributed by atoms with van der Waals surface area (Å²) in [5, 5.41) is 4.64. The summed E-state index contributed by atoms with van der Waals surface area (Å²) in [6.07, 6.45) is 0. The van der Waals surface area contributed by atoms with Gasteiger partial charge in [-0.15, -0.1) is 0 Å². The van der Waals surface area contributed by atoms with Crippen molar-refractivity contribution in [2.75, 3.05) is 37.0 Å². The average Bonchev–Trinajstić information content (AvgIpc) is 2.77. The molecule has 3 aromatic carbocycles. The fourth-order valence-corrected chi connectivity index (χ4v) is 3.55. The topological polar surface area (TPSA) is 79.0 Å². The SMILES string of the molecule is COc1ccc(NC(=O)CN2CCN(c3cccc4ccccc34)C(=O)C2=O)cc1. The maximum Gasteiger partial charge on any atom is 0.316 e. The molecule has 7 heteroatoms. The molecule has 1 saturated heterocycles. The molecule has 0 bridgehead atoms. The number of nitrogens with zero attached hydrogens (tertiary/aromatic N) is 2. The van der Waals surface area contributed by atoms with Crippen molar-refractivity contribution in [2.45, 2.75) is 0 Å². The third kappa shape index (κ3) is 3.82. The van der Waals surface area contributed by atoms with E-state index in [1.807, 2.05) is 42.5 Å². The number of fused-ring (bicyclic) bond motifs is 1. The second-order valence-electron chi connectivity index (χ2n) is 6.96. The van der Waals surface area contributed by atoms with Crippen LogP contribution in [0.5, 0.6) is 5.75 Å². The Morgan fingerprint density at radius 2 is 1.67 bits per heavy atom. The van der Waals surface area contributed by atoms with Gasteiger partial charge in [0.2, 0.25) is 5.91 Å². The van der Waals surface area contributed by atoms with Gasteiger partial charge in [-0.2, -0.15) is 0 Å². The number of hydrogen-bond acceptors (Lipinski definition) is 4. The van der Waals surface area contributed by atoms with Crippen molar-refractivity contribution in [1.82, 2.24) is 4.90 Å². The third-order valence-corrected chi connectivity index (χ3v) is 5.07. The first-order chi connectivity index (χ1) is 14.6. The van der Waals surface area contributed by atoms with Gasteiger partial charge >= 0.3 is 11.8 Å². The van der Waals surface area contributed by atoms with Crippen LogP contribution >= 0.6 is 0 Å². The zero-order valence-electron chi connectivity index (χ0n) is 16.5. The van der Waals surface area contributed by atoms with Gasteiger partial charge in [0.15, 0.2) is 0 Å². The summed E-state index contributed by atoms with van der Waals surface area (Å²) >= 11 is 0. The maximum absolute atomic E-state index is 12.8. The van der Waals surface area contributed by atoms with Gasteiger partial charge < -0.3 is 19.9 Å². The number of anilines is 2. The van der Waals surface area contributed by atoms with Crippen molar-refractivity contribution in [2.24, 2.45) is 0 Å². The molecule has 3 amide bonds. The minimum absolute atomic E-state index is 0.181. The van der Waals surface area contributed by atoms with E-state index in [4.69, 9.17) is 4.74 Å². The molecule has 0 saturated carbocycles. The molecule has 1 heterocycles. The highest BCUT2D eigenvalue weighted by Gasteiger charge is 2.34. The van der Waals surface area contributed by atoms with Crippen LogP contribution in [0.1, 0.15) is 0 Å². The predicted molar refractivity (Wildman–Crippen MR) is 115 cm³/mol. The van der Waals surface area contributed by atoms with Crippen LogP contribution in [-0.2, 0) is 14.4 Å². The average molecular weight is 403 g/mol. The lowest BCUT2D eigenvalue weighted by Crippen LogP contribution is -2.56. The molecule has 0 spiro atoms. The smallest absolute Gasteiger partial charge is 0.316 e. The summed E-state index contributed by atoms with van der Waals surface area (Å²) in [6.45, 7) is 0.429. The first-order valence-corrected chi connectivity index (χ1v) is 9.59. The second kappa shape index (κ2) is 8.24. The third-order valence-electron chi connectivity index (χ3n) is 5.07. The Balaban J connectivity index is 1.44. The Kier molecular flexibility index (Phi) is 5.34. The number of methoxy groups -OCH3 is 1. The van der Waals surface area contributed by atoms with Crippen molar-refractivity contribution in [3.8, 4) is 5.75 Å². The van der Waals surface area contributed by atoms with Crippen LogP contribution in [-0.4, -0.2) is 49.4 Å². The Morgan fingerprint density at radius 1 is 0.933 bits per heavy atom. The molecule has 0 radical (unpaired) electrons. The highest BCUT2D eigenvalue weighted by Crippen LogP contribution is 2.28. The van der Waals surface area contributed by atoms with E-state index in [1.54, 1.807) is 31.4 Å².